The molecule has 1 amide bonds. The van der Waals surface area contributed by atoms with Crippen LogP contribution in [0.15, 0.2) is 59.1 Å². The van der Waals surface area contributed by atoms with E-state index in [9.17, 15) is 9.59 Å². The molecule has 4 N–H and O–H groups in total. The van der Waals surface area contributed by atoms with Gasteiger partial charge in [0.25, 0.3) is 5.91 Å². The predicted octanol–water partition coefficient (Wildman–Crippen LogP) is 3.27. The lowest BCUT2D eigenvalue weighted by molar-refractivity contribution is 0.0663. The second-order valence-corrected chi connectivity index (χ2v) is 5.59. The first-order valence-corrected chi connectivity index (χ1v) is 7.92. The van der Waals surface area contributed by atoms with Gasteiger partial charge >= 0.3 is 5.97 Å². The van der Waals surface area contributed by atoms with E-state index < -0.39 is 5.97 Å². The minimum Gasteiger partial charge on any atom is -0.475 e. The van der Waals surface area contributed by atoms with Crippen LogP contribution in [-0.4, -0.2) is 22.0 Å². The number of nitrogens with zero attached hydrogens (tertiary/aromatic N) is 1. The number of halogens is 2. The predicted molar refractivity (Wildman–Crippen MR) is 109 cm³/mol. The number of hydrogen-bond acceptors (Lipinski definition) is 5. The van der Waals surface area contributed by atoms with E-state index in [1.165, 1.54) is 6.07 Å². The second-order valence-electron chi connectivity index (χ2n) is 5.59. The summed E-state index contributed by atoms with van der Waals surface area (Å²) in [5.41, 5.74) is 8.31. The van der Waals surface area contributed by atoms with Crippen molar-refractivity contribution in [1.29, 1.82) is 0 Å². The summed E-state index contributed by atoms with van der Waals surface area (Å²) in [6.45, 7) is 0.688. The number of carbonyl (C=O) groups is 2. The molecule has 148 valence electrons. The third-order valence-corrected chi connectivity index (χ3v) is 3.77. The van der Waals surface area contributed by atoms with Crippen molar-refractivity contribution in [3.8, 4) is 11.3 Å². The monoisotopic (exact) mass is 423 g/mol. The number of aromatic carboxylic acids is 1. The van der Waals surface area contributed by atoms with Gasteiger partial charge in [0.1, 0.15) is 5.76 Å². The fourth-order valence-electron chi connectivity index (χ4n) is 2.45. The summed E-state index contributed by atoms with van der Waals surface area (Å²) < 4.78 is 5.27. The van der Waals surface area contributed by atoms with E-state index in [0.717, 1.165) is 11.3 Å². The number of furan rings is 1. The zero-order valence-corrected chi connectivity index (χ0v) is 16.3. The topological polar surface area (TPSA) is 118 Å². The molecule has 0 radical (unpaired) electrons. The first kappa shape index (κ1) is 23.2. The largest absolute Gasteiger partial charge is 0.475 e. The number of carbonyl (C=O) groups excluding carboxylic acids is 1. The molecule has 0 fully saturated rings. The molecule has 0 bridgehead atoms. The maximum atomic E-state index is 12.4. The second kappa shape index (κ2) is 10.5. The first-order valence-electron chi connectivity index (χ1n) is 7.92. The summed E-state index contributed by atoms with van der Waals surface area (Å²) >= 11 is 0. The summed E-state index contributed by atoms with van der Waals surface area (Å²) in [5.74, 6) is -1.18. The van der Waals surface area contributed by atoms with Crippen molar-refractivity contribution in [2.45, 2.75) is 13.1 Å². The van der Waals surface area contributed by atoms with Gasteiger partial charge in [-0.15, -0.1) is 24.8 Å². The molecule has 0 saturated heterocycles. The third-order valence-electron chi connectivity index (χ3n) is 3.77. The van der Waals surface area contributed by atoms with Gasteiger partial charge in [-0.2, -0.15) is 0 Å². The maximum Gasteiger partial charge on any atom is 0.371 e. The normalized spacial score (nSPS) is 9.75. The molecular formula is C19H19Cl2N3O4. The Bertz CT molecular complexity index is 960. The van der Waals surface area contributed by atoms with Crippen molar-refractivity contribution in [3.05, 3.63) is 77.3 Å². The Morgan fingerprint density at radius 2 is 1.89 bits per heavy atom. The minimum atomic E-state index is -1.14. The lowest BCUT2D eigenvalue weighted by atomic mass is 10.1. The van der Waals surface area contributed by atoms with Crippen LogP contribution in [0.25, 0.3) is 11.3 Å². The lowest BCUT2D eigenvalue weighted by Gasteiger charge is -2.07. The summed E-state index contributed by atoms with van der Waals surface area (Å²) in [6.07, 6.45) is 1.65. The van der Waals surface area contributed by atoms with E-state index in [4.69, 9.17) is 15.3 Å². The van der Waals surface area contributed by atoms with E-state index >= 15 is 0 Å². The highest BCUT2D eigenvalue weighted by molar-refractivity contribution is 5.95. The summed E-state index contributed by atoms with van der Waals surface area (Å²) in [7, 11) is 0. The van der Waals surface area contributed by atoms with Gasteiger partial charge in [0.2, 0.25) is 5.76 Å². The van der Waals surface area contributed by atoms with Crippen molar-refractivity contribution in [1.82, 2.24) is 10.3 Å². The average Bonchev–Trinajstić information content (AvgIpc) is 3.17. The van der Waals surface area contributed by atoms with Crippen LogP contribution in [-0.2, 0) is 13.1 Å². The van der Waals surface area contributed by atoms with Gasteiger partial charge < -0.3 is 20.6 Å². The smallest absolute Gasteiger partial charge is 0.371 e. The van der Waals surface area contributed by atoms with Crippen LogP contribution in [0.1, 0.15) is 32.2 Å². The third kappa shape index (κ3) is 5.56. The lowest BCUT2D eigenvalue weighted by Crippen LogP contribution is -2.23. The highest BCUT2D eigenvalue weighted by Crippen LogP contribution is 2.23. The van der Waals surface area contributed by atoms with Gasteiger partial charge in [-0.25, -0.2) is 4.79 Å². The summed E-state index contributed by atoms with van der Waals surface area (Å²) in [4.78, 5) is 27.5. The Balaban J connectivity index is 0.00000196. The molecule has 2 heterocycles. The van der Waals surface area contributed by atoms with Gasteiger partial charge in [0.15, 0.2) is 0 Å². The SMILES string of the molecule is Cl.Cl.NCc1ccnc(CNC(=O)c2cccc(-c3ccc(C(=O)O)o3)c2)c1. The number of benzene rings is 1. The maximum absolute atomic E-state index is 12.4. The Morgan fingerprint density at radius 1 is 1.11 bits per heavy atom. The van der Waals surface area contributed by atoms with Crippen LogP contribution in [0.4, 0.5) is 0 Å². The summed E-state index contributed by atoms with van der Waals surface area (Å²) in [5, 5.41) is 11.7. The molecular weight excluding hydrogens is 405 g/mol. The quantitative estimate of drug-likeness (QED) is 0.559. The Hall–Kier alpha value is -2.87. The number of hydrogen-bond donors (Lipinski definition) is 3. The Labute approximate surface area is 173 Å². The molecule has 0 atom stereocenters. The van der Waals surface area contributed by atoms with Crippen LogP contribution in [0.2, 0.25) is 0 Å². The fraction of sp³-hybridized carbons (Fsp3) is 0.105. The number of carboxylic acid groups (broad SMARTS) is 1. The van der Waals surface area contributed by atoms with Crippen LogP contribution in [0.5, 0.6) is 0 Å². The molecule has 9 heteroatoms. The van der Waals surface area contributed by atoms with Gasteiger partial charge in [-0.1, -0.05) is 12.1 Å². The van der Waals surface area contributed by atoms with Gasteiger partial charge in [-0.05, 0) is 42.0 Å². The van der Waals surface area contributed by atoms with Crippen molar-refractivity contribution in [3.63, 3.8) is 0 Å². The van der Waals surface area contributed by atoms with Crippen LogP contribution < -0.4 is 11.1 Å². The summed E-state index contributed by atoms with van der Waals surface area (Å²) in [6, 6.07) is 13.4. The molecule has 1 aromatic carbocycles. The highest BCUT2D eigenvalue weighted by atomic mass is 35.5. The van der Waals surface area contributed by atoms with E-state index in [2.05, 4.69) is 10.3 Å². The standard InChI is InChI=1S/C19H17N3O4.2ClH/c20-10-12-6-7-21-15(8-12)11-22-18(23)14-3-1-2-13(9-14)16-4-5-17(26-16)19(24)25;;/h1-9H,10-11,20H2,(H,22,23)(H,24,25);2*1H. The zero-order valence-electron chi connectivity index (χ0n) is 14.6. The Kier molecular flexibility index (Phi) is 8.66. The Morgan fingerprint density at radius 3 is 2.57 bits per heavy atom. The zero-order chi connectivity index (χ0) is 18.5. The molecule has 3 aromatic rings. The van der Waals surface area contributed by atoms with Crippen LogP contribution in [0.3, 0.4) is 0 Å². The fourth-order valence-corrected chi connectivity index (χ4v) is 2.45. The van der Waals surface area contributed by atoms with Gasteiger partial charge in [-0.3, -0.25) is 9.78 Å². The van der Waals surface area contributed by atoms with E-state index in [-0.39, 0.29) is 43.0 Å². The van der Waals surface area contributed by atoms with E-state index in [1.54, 1.807) is 36.5 Å². The molecule has 7 nitrogen and oxygen atoms in total. The molecule has 0 aliphatic carbocycles. The number of amides is 1. The molecule has 3 rings (SSSR count). The number of pyridine rings is 1. The van der Waals surface area contributed by atoms with Crippen molar-refractivity contribution in [2.75, 3.05) is 0 Å². The molecule has 0 aliphatic rings. The van der Waals surface area contributed by atoms with Crippen molar-refractivity contribution in [2.24, 2.45) is 5.73 Å². The molecule has 0 aliphatic heterocycles. The van der Waals surface area contributed by atoms with Gasteiger partial charge in [0, 0.05) is 23.9 Å². The number of rotatable bonds is 6. The van der Waals surface area contributed by atoms with E-state index in [1.807, 2.05) is 12.1 Å². The van der Waals surface area contributed by atoms with Crippen molar-refractivity contribution >= 4 is 36.7 Å². The number of aromatic nitrogens is 1. The average molecular weight is 424 g/mol. The highest BCUT2D eigenvalue weighted by Gasteiger charge is 2.12. The molecule has 0 unspecified atom stereocenters. The van der Waals surface area contributed by atoms with Crippen LogP contribution in [0, 0.1) is 0 Å². The minimum absolute atomic E-state index is 0. The van der Waals surface area contributed by atoms with Gasteiger partial charge in [0.05, 0.1) is 12.2 Å². The van der Waals surface area contributed by atoms with Crippen molar-refractivity contribution < 1.29 is 19.1 Å². The number of nitrogens with two attached hydrogens (primary N) is 1. The first-order chi connectivity index (χ1) is 12.6. The molecule has 28 heavy (non-hydrogen) atoms. The van der Waals surface area contributed by atoms with E-state index in [0.29, 0.717) is 23.4 Å². The molecule has 2 aromatic heterocycles. The molecule has 0 saturated carbocycles. The van der Waals surface area contributed by atoms with Crippen LogP contribution >= 0.6 is 24.8 Å². The number of carboxylic acids is 1. The molecule has 0 spiro atoms. The number of nitrogens with one attached hydrogen (secondary N) is 1.